The molecular weight excluding hydrogens is 674 g/mol. The largest absolute Gasteiger partial charge is 0.542 e. The Morgan fingerprint density at radius 3 is 1.44 bits per heavy atom. The highest BCUT2D eigenvalue weighted by Crippen LogP contribution is 2.44. The smallest absolute Gasteiger partial charge is 0.430 e. The lowest BCUT2D eigenvalue weighted by Crippen LogP contribution is -2.37. The zero-order valence-electron chi connectivity index (χ0n) is 26.4. The molecule has 5 aromatic rings. The van der Waals surface area contributed by atoms with Gasteiger partial charge >= 0.3 is 6.18 Å². The highest BCUT2D eigenvalue weighted by molar-refractivity contribution is 8.16. The third-order valence-electron chi connectivity index (χ3n) is 7.17. The van der Waals surface area contributed by atoms with Crippen molar-refractivity contribution < 1.29 is 27.9 Å². The first-order valence-corrected chi connectivity index (χ1v) is 17.0. The molecule has 0 unspecified atom stereocenters. The van der Waals surface area contributed by atoms with Crippen molar-refractivity contribution in [3.05, 3.63) is 192 Å². The summed E-state index contributed by atoms with van der Waals surface area (Å²) in [7, 11) is 0. The van der Waals surface area contributed by atoms with Crippen LogP contribution in [0.5, 0.6) is 0 Å². The number of halogens is 3. The fourth-order valence-corrected chi connectivity index (χ4v) is 7.00. The topological polar surface area (TPSA) is 57.2 Å². The molecule has 8 heteroatoms. The molecule has 0 N–H and O–H groups in total. The number of carbonyl (C=O) groups is 2. The van der Waals surface area contributed by atoms with Crippen LogP contribution < -0.4 is 5.11 Å². The Morgan fingerprint density at radius 1 is 0.660 bits per heavy atom. The molecule has 2 heterocycles. The average Bonchev–Trinajstić information content (AvgIpc) is 3.16. The second kappa shape index (κ2) is 17.2. The van der Waals surface area contributed by atoms with Gasteiger partial charge in [0.1, 0.15) is 12.3 Å². The summed E-state index contributed by atoms with van der Waals surface area (Å²) in [4.78, 5) is 25.7. The van der Waals surface area contributed by atoms with E-state index in [1.807, 2.05) is 48.6 Å². The number of carbonyl (C=O) groups excluding carboxylic acids is 2. The minimum Gasteiger partial charge on any atom is -0.542 e. The number of carboxylic acid groups (broad SMARTS) is 1. The van der Waals surface area contributed by atoms with E-state index in [-0.39, 0.29) is 0 Å². The van der Waals surface area contributed by atoms with Gasteiger partial charge in [0.2, 0.25) is 21.1 Å². The number of aliphatic carboxylic acids is 1. The highest BCUT2D eigenvalue weighted by Gasteiger charge is 2.28. The molecule has 4 aromatic carbocycles. The monoisotopic (exact) mass is 702 g/mol. The van der Waals surface area contributed by atoms with Crippen molar-refractivity contribution in [2.45, 2.75) is 6.18 Å². The van der Waals surface area contributed by atoms with Crippen molar-refractivity contribution in [2.24, 2.45) is 0 Å². The maximum Gasteiger partial charge on any atom is 0.430 e. The third-order valence-corrected chi connectivity index (χ3v) is 9.46. The van der Waals surface area contributed by atoms with Crippen LogP contribution in [0, 0.1) is 0 Å². The number of alkyl halides is 3. The van der Waals surface area contributed by atoms with E-state index in [2.05, 4.69) is 121 Å². The van der Waals surface area contributed by atoms with Gasteiger partial charge in [0.05, 0.1) is 0 Å². The molecule has 0 bridgehead atoms. The molecule has 0 fully saturated rings. The van der Waals surface area contributed by atoms with Crippen LogP contribution in [0.15, 0.2) is 175 Å². The summed E-state index contributed by atoms with van der Waals surface area (Å²) in [6.45, 7) is 0. The Labute approximate surface area is 296 Å². The van der Waals surface area contributed by atoms with Gasteiger partial charge in [0, 0.05) is 38.6 Å². The lowest BCUT2D eigenvalue weighted by atomic mass is 10.1. The molecule has 3 nitrogen and oxygen atoms in total. The summed E-state index contributed by atoms with van der Waals surface area (Å²) in [5.74, 6) is -3.01. The Bertz CT molecular complexity index is 1970. The molecule has 0 spiro atoms. The number of benzene rings is 4. The van der Waals surface area contributed by atoms with Crippen molar-refractivity contribution in [1.82, 2.24) is 0 Å². The molecule has 0 amide bonds. The fraction of sp³-hybridized carbons (Fsp3) is 0.0238. The van der Waals surface area contributed by atoms with E-state index in [1.165, 1.54) is 41.8 Å². The van der Waals surface area contributed by atoms with E-state index in [9.17, 15) is 18.0 Å². The number of allylic oxidation sites excluding steroid dienone is 7. The zero-order valence-corrected chi connectivity index (χ0v) is 28.1. The normalized spacial score (nSPS) is 13.1. The minimum absolute atomic E-state index is 0.602. The van der Waals surface area contributed by atoms with Gasteiger partial charge in [-0.1, -0.05) is 133 Å². The summed E-state index contributed by atoms with van der Waals surface area (Å²) in [5.41, 5.74) is 7.39. The predicted octanol–water partition coefficient (Wildman–Crippen LogP) is 10.6. The molecule has 0 aliphatic carbocycles. The first kappa shape index (κ1) is 35.7. The van der Waals surface area contributed by atoms with E-state index < -0.39 is 12.1 Å². The highest BCUT2D eigenvalue weighted by atomic mass is 32.2. The zero-order chi connectivity index (χ0) is 35.3. The number of aldehydes is 1. The number of hydrogen-bond acceptors (Lipinski definition) is 4. The summed E-state index contributed by atoms with van der Waals surface area (Å²) < 4.78 is 31.5. The first-order valence-electron chi connectivity index (χ1n) is 15.3. The Hall–Kier alpha value is -5.57. The molecule has 0 radical (unpaired) electrons. The van der Waals surface area contributed by atoms with Crippen LogP contribution >= 0.6 is 23.1 Å². The molecule has 248 valence electrons. The summed E-state index contributed by atoms with van der Waals surface area (Å²) in [5, 5.41) is 8.78. The van der Waals surface area contributed by atoms with Gasteiger partial charge < -0.3 is 9.90 Å². The maximum atomic E-state index is 12.2. The summed E-state index contributed by atoms with van der Waals surface area (Å²) in [6.07, 6.45) is 7.94. The lowest BCUT2D eigenvalue weighted by molar-refractivity contribution is -0.344. The van der Waals surface area contributed by atoms with Crippen LogP contribution in [0.2, 0.25) is 0 Å². The SMILES string of the molecule is O=C([O-])C(F)(F)F.O=CC(=C\C=C1C=C(c2ccccc2)SC(c2ccccc2)=C1)/C=C/c1cc(-c2ccccc2)[s+]c(-c2ccccc2)c1. The fourth-order valence-electron chi connectivity index (χ4n) is 4.73. The second-order valence-electron chi connectivity index (χ2n) is 10.8. The molecular formula is C42H29F3O3S2. The van der Waals surface area contributed by atoms with Crippen LogP contribution in [-0.4, -0.2) is 18.4 Å². The Kier molecular flexibility index (Phi) is 12.3. The van der Waals surface area contributed by atoms with Crippen molar-refractivity contribution in [2.75, 3.05) is 0 Å². The van der Waals surface area contributed by atoms with Crippen molar-refractivity contribution in [3.8, 4) is 20.9 Å². The van der Waals surface area contributed by atoms with Crippen LogP contribution in [0.1, 0.15) is 16.7 Å². The summed E-state index contributed by atoms with van der Waals surface area (Å²) >= 11 is 3.53. The standard InChI is InChI=1S/C40H29OS2.C2HF3O2/c41-29-30(21-23-31-25-37(33-13-5-1-6-14-33)42-38(26-31)34-15-7-2-8-16-34)22-24-32-27-39(35-17-9-3-10-18-35)43-40(28-32)36-19-11-4-12-20-36;3-2(4,5)1(6)7/h1-29H;(H,6,7)/q+1;/p-1. The van der Waals surface area contributed by atoms with Crippen LogP contribution in [0.3, 0.4) is 0 Å². The van der Waals surface area contributed by atoms with Crippen LogP contribution in [-0.2, 0) is 9.59 Å². The van der Waals surface area contributed by atoms with Gasteiger partial charge in [0.15, 0.2) is 0 Å². The van der Waals surface area contributed by atoms with Gasteiger partial charge in [-0.25, -0.2) is 0 Å². The van der Waals surface area contributed by atoms with Gasteiger partial charge in [0.25, 0.3) is 0 Å². The minimum atomic E-state index is -5.19. The number of thioether (sulfide) groups is 1. The summed E-state index contributed by atoms with van der Waals surface area (Å²) in [6, 6.07) is 46.1. The molecule has 0 saturated carbocycles. The van der Waals surface area contributed by atoms with E-state index in [4.69, 9.17) is 9.90 Å². The van der Waals surface area contributed by atoms with Crippen molar-refractivity contribution >= 4 is 51.2 Å². The Morgan fingerprint density at radius 2 is 1.06 bits per heavy atom. The maximum absolute atomic E-state index is 12.2. The number of hydrogen-bond donors (Lipinski definition) is 0. The number of rotatable bonds is 8. The van der Waals surface area contributed by atoms with Gasteiger partial charge in [-0.05, 0) is 58.7 Å². The van der Waals surface area contributed by atoms with E-state index in [0.29, 0.717) is 5.57 Å². The quantitative estimate of drug-likeness (QED) is 0.0699. The van der Waals surface area contributed by atoms with Crippen molar-refractivity contribution in [3.63, 3.8) is 0 Å². The van der Waals surface area contributed by atoms with Gasteiger partial charge in [-0.3, -0.25) is 4.79 Å². The van der Waals surface area contributed by atoms with E-state index in [0.717, 1.165) is 17.4 Å². The van der Waals surface area contributed by atoms with Crippen LogP contribution in [0.4, 0.5) is 13.2 Å². The number of carboxylic acids is 1. The van der Waals surface area contributed by atoms with Crippen LogP contribution in [0.25, 0.3) is 36.8 Å². The molecule has 6 rings (SSSR count). The van der Waals surface area contributed by atoms with E-state index >= 15 is 0 Å². The first-order chi connectivity index (χ1) is 24.2. The Balaban J connectivity index is 0.000000630. The lowest BCUT2D eigenvalue weighted by Gasteiger charge is -2.17. The van der Waals surface area contributed by atoms with Crippen molar-refractivity contribution in [1.29, 1.82) is 0 Å². The van der Waals surface area contributed by atoms with E-state index in [1.54, 1.807) is 23.1 Å². The molecule has 0 atom stereocenters. The van der Waals surface area contributed by atoms with Gasteiger partial charge in [-0.15, -0.1) is 0 Å². The second-order valence-corrected chi connectivity index (χ2v) is 12.9. The average molecular weight is 703 g/mol. The molecule has 1 aromatic heterocycles. The third kappa shape index (κ3) is 10.2. The molecule has 50 heavy (non-hydrogen) atoms. The van der Waals surface area contributed by atoms with Gasteiger partial charge in [-0.2, -0.15) is 13.2 Å². The molecule has 0 saturated heterocycles. The predicted molar refractivity (Wildman–Crippen MR) is 198 cm³/mol. The molecule has 1 aliphatic heterocycles. The molecule has 1 aliphatic rings.